The molecule has 1 aromatic carbocycles. The van der Waals surface area contributed by atoms with Gasteiger partial charge in [0, 0.05) is 6.92 Å². The second-order valence-electron chi connectivity index (χ2n) is 2.19. The van der Waals surface area contributed by atoms with Crippen LogP contribution >= 0.6 is 0 Å². The monoisotopic (exact) mass is 166 g/mol. The number of hydrogen-bond acceptors (Lipinski definition) is 4. The van der Waals surface area contributed by atoms with E-state index in [-0.39, 0.29) is 0 Å². The molecule has 1 rings (SSSR count). The molecule has 0 saturated carbocycles. The van der Waals surface area contributed by atoms with E-state index in [0.717, 1.165) is 5.69 Å². The Hall–Kier alpha value is -1.55. The van der Waals surface area contributed by atoms with Crippen LogP contribution in [-0.2, 0) is 9.63 Å². The fraction of sp³-hybridized carbons (Fsp3) is 0.125. The molecule has 0 heterocycles. The van der Waals surface area contributed by atoms with Crippen LogP contribution in [0, 0.1) is 0 Å². The summed E-state index contributed by atoms with van der Waals surface area (Å²) < 4.78 is 0. The molecule has 0 saturated heterocycles. The van der Waals surface area contributed by atoms with Gasteiger partial charge in [-0.3, -0.25) is 10.2 Å². The van der Waals surface area contributed by atoms with Crippen LogP contribution in [0.1, 0.15) is 6.92 Å². The summed E-state index contributed by atoms with van der Waals surface area (Å²) in [4.78, 5) is 14.8. The summed E-state index contributed by atoms with van der Waals surface area (Å²) in [5.74, 6) is -0.390. The van der Waals surface area contributed by atoms with E-state index < -0.39 is 5.97 Å². The molecule has 0 aliphatic carbocycles. The maximum Gasteiger partial charge on any atom is 0.324 e. The number of anilines is 1. The van der Waals surface area contributed by atoms with E-state index in [1.165, 1.54) is 6.92 Å². The molecule has 0 aliphatic rings. The summed E-state index contributed by atoms with van der Waals surface area (Å²) in [6.45, 7) is 1.32. The van der Waals surface area contributed by atoms with Crippen LogP contribution in [-0.4, -0.2) is 5.97 Å². The molecule has 0 atom stereocenters. The summed E-state index contributed by atoms with van der Waals surface area (Å²) in [7, 11) is 0. The molecule has 0 aliphatic heterocycles. The van der Waals surface area contributed by atoms with Crippen molar-refractivity contribution < 1.29 is 9.63 Å². The third kappa shape index (κ3) is 3.03. The van der Waals surface area contributed by atoms with E-state index in [4.69, 9.17) is 0 Å². The molecule has 0 fully saturated rings. The molecule has 1 aromatic rings. The lowest BCUT2D eigenvalue weighted by molar-refractivity contribution is -0.147. The number of hydrogen-bond donors (Lipinski definition) is 2. The quantitative estimate of drug-likeness (QED) is 0.660. The van der Waals surface area contributed by atoms with Crippen molar-refractivity contribution >= 4 is 11.7 Å². The Bertz CT molecular complexity index is 248. The van der Waals surface area contributed by atoms with E-state index >= 15 is 0 Å². The second-order valence-corrected chi connectivity index (χ2v) is 2.19. The van der Waals surface area contributed by atoms with Crippen LogP contribution in [0.5, 0.6) is 0 Å². The van der Waals surface area contributed by atoms with Gasteiger partial charge in [-0.05, 0) is 12.1 Å². The minimum absolute atomic E-state index is 0.390. The Labute approximate surface area is 70.5 Å². The van der Waals surface area contributed by atoms with E-state index in [0.29, 0.717) is 0 Å². The molecular formula is C8H10N2O2. The first-order valence-electron chi connectivity index (χ1n) is 3.52. The third-order valence-corrected chi connectivity index (χ3v) is 1.16. The van der Waals surface area contributed by atoms with Crippen molar-refractivity contribution in [2.45, 2.75) is 6.92 Å². The van der Waals surface area contributed by atoms with Gasteiger partial charge in [0.2, 0.25) is 0 Å². The Morgan fingerprint density at radius 2 is 2.00 bits per heavy atom. The largest absolute Gasteiger partial charge is 0.351 e. The lowest BCUT2D eigenvalue weighted by Crippen LogP contribution is -2.24. The minimum atomic E-state index is -0.390. The number of rotatable bonds is 3. The number of carbonyl (C=O) groups is 1. The van der Waals surface area contributed by atoms with Crippen LogP contribution in [0.4, 0.5) is 5.69 Å². The lowest BCUT2D eigenvalue weighted by Gasteiger charge is -2.05. The van der Waals surface area contributed by atoms with Crippen molar-refractivity contribution in [2.75, 3.05) is 5.43 Å². The van der Waals surface area contributed by atoms with Crippen LogP contribution < -0.4 is 11.0 Å². The summed E-state index contributed by atoms with van der Waals surface area (Å²) in [5.41, 5.74) is 5.82. The summed E-state index contributed by atoms with van der Waals surface area (Å²) in [6, 6.07) is 9.33. The van der Waals surface area contributed by atoms with Gasteiger partial charge in [0.25, 0.3) is 0 Å². The maximum absolute atomic E-state index is 10.3. The smallest absolute Gasteiger partial charge is 0.324 e. The first-order valence-corrected chi connectivity index (χ1v) is 3.52. The van der Waals surface area contributed by atoms with Crippen molar-refractivity contribution in [3.05, 3.63) is 30.3 Å². The van der Waals surface area contributed by atoms with Gasteiger partial charge in [0.05, 0.1) is 5.69 Å². The molecule has 2 N–H and O–H groups in total. The molecule has 0 radical (unpaired) electrons. The number of benzene rings is 1. The predicted octanol–water partition coefficient (Wildman–Crippen LogP) is 1.08. The zero-order valence-corrected chi connectivity index (χ0v) is 6.70. The number of para-hydroxylation sites is 1. The second kappa shape index (κ2) is 4.35. The minimum Gasteiger partial charge on any atom is -0.351 e. The van der Waals surface area contributed by atoms with Crippen LogP contribution in [0.2, 0.25) is 0 Å². The van der Waals surface area contributed by atoms with Gasteiger partial charge in [0.15, 0.2) is 0 Å². The van der Waals surface area contributed by atoms with Gasteiger partial charge in [0.1, 0.15) is 0 Å². The molecule has 0 bridgehead atoms. The Morgan fingerprint density at radius 3 is 2.58 bits per heavy atom. The average Bonchev–Trinajstić information content (AvgIpc) is 2.05. The van der Waals surface area contributed by atoms with Crippen molar-refractivity contribution in [3.8, 4) is 0 Å². The Balaban J connectivity index is 2.29. The maximum atomic E-state index is 10.3. The highest BCUT2D eigenvalue weighted by Gasteiger charge is 1.90. The standard InChI is InChI=1S/C8H10N2O2/c1-7(11)12-10-9-8-5-3-2-4-6-8/h2-6,9-10H,1H3. The van der Waals surface area contributed by atoms with Gasteiger partial charge in [-0.1, -0.05) is 23.8 Å². The highest BCUT2D eigenvalue weighted by Crippen LogP contribution is 2.01. The van der Waals surface area contributed by atoms with Crippen molar-refractivity contribution in [1.29, 1.82) is 0 Å². The molecule has 0 unspecified atom stereocenters. The summed E-state index contributed by atoms with van der Waals surface area (Å²) in [5, 5.41) is 0. The van der Waals surface area contributed by atoms with E-state index in [2.05, 4.69) is 15.9 Å². The topological polar surface area (TPSA) is 50.4 Å². The first-order chi connectivity index (χ1) is 5.79. The first kappa shape index (κ1) is 8.55. The van der Waals surface area contributed by atoms with Crippen LogP contribution in [0.15, 0.2) is 30.3 Å². The van der Waals surface area contributed by atoms with Gasteiger partial charge >= 0.3 is 5.97 Å². The summed E-state index contributed by atoms with van der Waals surface area (Å²) >= 11 is 0. The molecule has 0 aromatic heterocycles. The van der Waals surface area contributed by atoms with Gasteiger partial charge < -0.3 is 4.84 Å². The third-order valence-electron chi connectivity index (χ3n) is 1.16. The Morgan fingerprint density at radius 1 is 1.33 bits per heavy atom. The zero-order chi connectivity index (χ0) is 8.81. The number of hydrazine groups is 1. The highest BCUT2D eigenvalue weighted by molar-refractivity contribution is 5.65. The van der Waals surface area contributed by atoms with Crippen molar-refractivity contribution in [3.63, 3.8) is 0 Å². The molecular weight excluding hydrogens is 156 g/mol. The Kier molecular flexibility index (Phi) is 3.10. The molecule has 12 heavy (non-hydrogen) atoms. The van der Waals surface area contributed by atoms with Gasteiger partial charge in [-0.25, -0.2) is 0 Å². The molecule has 0 amide bonds. The zero-order valence-electron chi connectivity index (χ0n) is 6.70. The molecule has 64 valence electrons. The average molecular weight is 166 g/mol. The molecule has 4 nitrogen and oxygen atoms in total. The van der Waals surface area contributed by atoms with Crippen molar-refractivity contribution in [1.82, 2.24) is 5.59 Å². The van der Waals surface area contributed by atoms with Gasteiger partial charge in [-0.2, -0.15) is 0 Å². The molecule has 4 heteroatoms. The predicted molar refractivity (Wildman–Crippen MR) is 45.0 cm³/mol. The molecule has 0 spiro atoms. The number of nitrogens with one attached hydrogen (secondary N) is 2. The van der Waals surface area contributed by atoms with Gasteiger partial charge in [-0.15, -0.1) is 0 Å². The SMILES string of the molecule is CC(=O)ONNc1ccccc1. The normalized spacial score (nSPS) is 9.08. The van der Waals surface area contributed by atoms with Crippen LogP contribution in [0.3, 0.4) is 0 Å². The summed E-state index contributed by atoms with van der Waals surface area (Å²) in [6.07, 6.45) is 0. The fourth-order valence-electron chi connectivity index (χ4n) is 0.678. The lowest BCUT2D eigenvalue weighted by atomic mass is 10.3. The number of carbonyl (C=O) groups excluding carboxylic acids is 1. The fourth-order valence-corrected chi connectivity index (χ4v) is 0.678. The van der Waals surface area contributed by atoms with E-state index in [9.17, 15) is 4.79 Å². The highest BCUT2D eigenvalue weighted by atomic mass is 16.7. The van der Waals surface area contributed by atoms with Crippen molar-refractivity contribution in [2.24, 2.45) is 0 Å². The van der Waals surface area contributed by atoms with E-state index in [1.54, 1.807) is 0 Å². The van der Waals surface area contributed by atoms with Crippen LogP contribution in [0.25, 0.3) is 0 Å². The van der Waals surface area contributed by atoms with E-state index in [1.807, 2.05) is 30.3 Å².